The average molecular weight is 358 g/mol. The number of carbonyl (C=O) groups is 1. The summed E-state index contributed by atoms with van der Waals surface area (Å²) in [5.41, 5.74) is 0.871. The molecule has 2 rings (SSSR count). The van der Waals surface area contributed by atoms with Crippen LogP contribution in [0.1, 0.15) is 23.4 Å². The van der Waals surface area contributed by atoms with Crippen LogP contribution in [0.15, 0.2) is 35.7 Å². The molecule has 2 N–H and O–H groups in total. The van der Waals surface area contributed by atoms with Crippen molar-refractivity contribution in [2.45, 2.75) is 19.5 Å². The second-order valence-corrected chi connectivity index (χ2v) is 7.22. The Morgan fingerprint density at radius 2 is 2.14 bits per heavy atom. The fourth-order valence-corrected chi connectivity index (χ4v) is 3.66. The van der Waals surface area contributed by atoms with E-state index in [1.165, 1.54) is 4.88 Å². The molecule has 0 aliphatic rings. The SMILES string of the molecule is C[C@H](NC(=O)C[NH+](C)Cc1cccs1)c1ccc(Cl)cc1Cl. The lowest BCUT2D eigenvalue weighted by molar-refractivity contribution is -0.885. The number of likely N-dealkylation sites (N-methyl/N-ethyl adjacent to an activating group) is 1. The summed E-state index contributed by atoms with van der Waals surface area (Å²) in [6.45, 7) is 3.19. The maximum Gasteiger partial charge on any atom is 0.275 e. The van der Waals surface area contributed by atoms with Gasteiger partial charge >= 0.3 is 0 Å². The van der Waals surface area contributed by atoms with Crippen molar-refractivity contribution in [2.24, 2.45) is 0 Å². The van der Waals surface area contributed by atoms with Crippen LogP contribution in [0.3, 0.4) is 0 Å². The topological polar surface area (TPSA) is 33.5 Å². The molecule has 2 atom stereocenters. The Balaban J connectivity index is 1.88. The fraction of sp³-hybridized carbons (Fsp3) is 0.312. The van der Waals surface area contributed by atoms with E-state index in [0.29, 0.717) is 16.6 Å². The first-order valence-corrected chi connectivity index (χ1v) is 8.67. The quantitative estimate of drug-likeness (QED) is 0.818. The lowest BCUT2D eigenvalue weighted by Crippen LogP contribution is -3.08. The predicted molar refractivity (Wildman–Crippen MR) is 92.8 cm³/mol. The van der Waals surface area contributed by atoms with Gasteiger partial charge in [0, 0.05) is 10.0 Å². The maximum atomic E-state index is 12.1. The van der Waals surface area contributed by atoms with E-state index in [2.05, 4.69) is 11.4 Å². The highest BCUT2D eigenvalue weighted by Crippen LogP contribution is 2.25. The van der Waals surface area contributed by atoms with E-state index in [0.717, 1.165) is 17.0 Å². The third-order valence-corrected chi connectivity index (χ3v) is 4.76. The smallest absolute Gasteiger partial charge is 0.275 e. The van der Waals surface area contributed by atoms with Gasteiger partial charge < -0.3 is 10.2 Å². The van der Waals surface area contributed by atoms with Crippen molar-refractivity contribution in [3.63, 3.8) is 0 Å². The van der Waals surface area contributed by atoms with Crippen LogP contribution in [0.5, 0.6) is 0 Å². The van der Waals surface area contributed by atoms with Crippen LogP contribution < -0.4 is 10.2 Å². The van der Waals surface area contributed by atoms with Gasteiger partial charge in [0.1, 0.15) is 6.54 Å². The number of benzene rings is 1. The summed E-state index contributed by atoms with van der Waals surface area (Å²) in [5.74, 6) is 0.00701. The van der Waals surface area contributed by atoms with Gasteiger partial charge in [-0.15, -0.1) is 11.3 Å². The number of hydrogen-bond acceptors (Lipinski definition) is 2. The zero-order valence-corrected chi connectivity index (χ0v) is 14.9. The highest BCUT2D eigenvalue weighted by molar-refractivity contribution is 7.09. The molecular formula is C16H19Cl2N2OS+. The van der Waals surface area contributed by atoms with Crippen LogP contribution in [0, 0.1) is 0 Å². The van der Waals surface area contributed by atoms with Crippen molar-refractivity contribution in [3.05, 3.63) is 56.2 Å². The monoisotopic (exact) mass is 357 g/mol. The summed E-state index contributed by atoms with van der Waals surface area (Å²) in [6, 6.07) is 9.28. The summed E-state index contributed by atoms with van der Waals surface area (Å²) in [4.78, 5) is 14.6. The second-order valence-electron chi connectivity index (χ2n) is 5.35. The predicted octanol–water partition coefficient (Wildman–Crippen LogP) is 2.95. The minimum absolute atomic E-state index is 0.00701. The van der Waals surface area contributed by atoms with Crippen molar-refractivity contribution in [1.29, 1.82) is 0 Å². The molecule has 1 amide bonds. The second kappa shape index (κ2) is 7.97. The van der Waals surface area contributed by atoms with Crippen molar-refractivity contribution in [1.82, 2.24) is 5.32 Å². The number of nitrogens with one attached hydrogen (secondary N) is 2. The van der Waals surface area contributed by atoms with Gasteiger partial charge in [0.05, 0.1) is 18.0 Å². The molecule has 6 heteroatoms. The van der Waals surface area contributed by atoms with Crippen molar-refractivity contribution < 1.29 is 9.69 Å². The molecule has 2 aromatic rings. The molecule has 1 heterocycles. The minimum Gasteiger partial charge on any atom is -0.345 e. The molecule has 0 saturated carbocycles. The fourth-order valence-electron chi connectivity index (χ4n) is 2.27. The molecule has 0 bridgehead atoms. The van der Waals surface area contributed by atoms with E-state index in [4.69, 9.17) is 23.2 Å². The molecule has 0 aliphatic heterocycles. The normalized spacial score (nSPS) is 13.6. The first-order valence-electron chi connectivity index (χ1n) is 7.03. The number of hydrogen-bond donors (Lipinski definition) is 2. The number of quaternary nitrogens is 1. The van der Waals surface area contributed by atoms with Gasteiger partial charge in [0.25, 0.3) is 5.91 Å². The number of carbonyl (C=O) groups excluding carboxylic acids is 1. The summed E-state index contributed by atoms with van der Waals surface area (Å²) >= 11 is 13.8. The van der Waals surface area contributed by atoms with E-state index in [-0.39, 0.29) is 11.9 Å². The van der Waals surface area contributed by atoms with Gasteiger partial charge in [-0.25, -0.2) is 0 Å². The third kappa shape index (κ3) is 4.99. The van der Waals surface area contributed by atoms with Crippen LogP contribution in [-0.2, 0) is 11.3 Å². The summed E-state index contributed by atoms with van der Waals surface area (Å²) in [5, 5.41) is 6.19. The molecule has 3 nitrogen and oxygen atoms in total. The molecular weight excluding hydrogens is 339 g/mol. The van der Waals surface area contributed by atoms with Crippen molar-refractivity contribution in [3.8, 4) is 0 Å². The molecule has 0 saturated heterocycles. The van der Waals surface area contributed by atoms with Gasteiger partial charge in [-0.05, 0) is 36.1 Å². The van der Waals surface area contributed by atoms with E-state index in [1.54, 1.807) is 23.5 Å². The lowest BCUT2D eigenvalue weighted by Gasteiger charge is -2.18. The average Bonchev–Trinajstić information content (AvgIpc) is 2.90. The van der Waals surface area contributed by atoms with E-state index >= 15 is 0 Å². The van der Waals surface area contributed by atoms with Gasteiger partial charge in [-0.1, -0.05) is 35.3 Å². The minimum atomic E-state index is -0.146. The lowest BCUT2D eigenvalue weighted by atomic mass is 10.1. The number of halogens is 2. The molecule has 22 heavy (non-hydrogen) atoms. The Bertz CT molecular complexity index is 631. The van der Waals surface area contributed by atoms with Crippen LogP contribution >= 0.6 is 34.5 Å². The molecule has 1 aromatic carbocycles. The largest absolute Gasteiger partial charge is 0.345 e. The molecule has 1 aromatic heterocycles. The molecule has 118 valence electrons. The Hall–Kier alpha value is -1.07. The highest BCUT2D eigenvalue weighted by atomic mass is 35.5. The third-order valence-electron chi connectivity index (χ3n) is 3.32. The summed E-state index contributed by atoms with van der Waals surface area (Å²) < 4.78 is 0. The first-order chi connectivity index (χ1) is 10.5. The van der Waals surface area contributed by atoms with Gasteiger partial charge in [0.2, 0.25) is 0 Å². The van der Waals surface area contributed by atoms with E-state index in [9.17, 15) is 4.79 Å². The summed E-state index contributed by atoms with van der Waals surface area (Å²) in [7, 11) is 2.01. The molecule has 0 aliphatic carbocycles. The standard InChI is InChI=1S/C16H18Cl2N2OS/c1-11(14-6-5-12(17)8-15(14)18)19-16(21)10-20(2)9-13-4-3-7-22-13/h3-8,11H,9-10H2,1-2H3,(H,19,21)/p+1/t11-/m0/s1. The number of thiophene rings is 1. The van der Waals surface area contributed by atoms with Crippen LogP contribution in [0.25, 0.3) is 0 Å². The maximum absolute atomic E-state index is 12.1. The van der Waals surface area contributed by atoms with Crippen molar-refractivity contribution in [2.75, 3.05) is 13.6 Å². The zero-order chi connectivity index (χ0) is 16.1. The highest BCUT2D eigenvalue weighted by Gasteiger charge is 2.16. The Labute approximate surface area is 144 Å². The number of amides is 1. The van der Waals surface area contributed by atoms with Gasteiger partial charge in [0.15, 0.2) is 6.54 Å². The van der Waals surface area contributed by atoms with E-state index in [1.807, 2.05) is 31.5 Å². The Morgan fingerprint density at radius 1 is 1.36 bits per heavy atom. The Morgan fingerprint density at radius 3 is 2.77 bits per heavy atom. The molecule has 0 spiro atoms. The van der Waals surface area contributed by atoms with Gasteiger partial charge in [-0.2, -0.15) is 0 Å². The van der Waals surface area contributed by atoms with E-state index < -0.39 is 0 Å². The van der Waals surface area contributed by atoms with Crippen molar-refractivity contribution >= 4 is 40.4 Å². The summed E-state index contributed by atoms with van der Waals surface area (Å²) in [6.07, 6.45) is 0. The molecule has 0 radical (unpaired) electrons. The Kier molecular flexibility index (Phi) is 6.26. The van der Waals surface area contributed by atoms with Gasteiger partial charge in [-0.3, -0.25) is 4.79 Å². The number of rotatable bonds is 6. The van der Waals surface area contributed by atoms with Crippen LogP contribution in [0.2, 0.25) is 10.0 Å². The first kappa shape index (κ1) is 17.3. The molecule has 1 unspecified atom stereocenters. The van der Waals surface area contributed by atoms with Crippen LogP contribution in [-0.4, -0.2) is 19.5 Å². The zero-order valence-electron chi connectivity index (χ0n) is 12.5. The van der Waals surface area contributed by atoms with Crippen LogP contribution in [0.4, 0.5) is 0 Å². The molecule has 0 fully saturated rings.